The summed E-state index contributed by atoms with van der Waals surface area (Å²) in [5, 5.41) is 7.35. The predicted molar refractivity (Wildman–Crippen MR) is 118 cm³/mol. The molecule has 0 saturated carbocycles. The Kier molecular flexibility index (Phi) is 5.90. The van der Waals surface area contributed by atoms with E-state index in [0.717, 1.165) is 12.1 Å². The smallest absolute Gasteiger partial charge is 0.272 e. The Labute approximate surface area is 174 Å². The summed E-state index contributed by atoms with van der Waals surface area (Å²) in [5.41, 5.74) is 1.40. The molecule has 3 heterocycles. The molecule has 0 atom stereocenters. The quantitative estimate of drug-likeness (QED) is 0.349. The molecule has 0 aliphatic heterocycles. The molecule has 142 valence electrons. The van der Waals surface area contributed by atoms with Crippen molar-refractivity contribution in [2.45, 2.75) is 18.1 Å². The van der Waals surface area contributed by atoms with Crippen LogP contribution in [0.5, 0.6) is 0 Å². The first-order valence-corrected chi connectivity index (χ1v) is 11.4. The van der Waals surface area contributed by atoms with Crippen molar-refractivity contribution in [3.8, 4) is 0 Å². The van der Waals surface area contributed by atoms with Crippen LogP contribution in [0.2, 0.25) is 0 Å². The number of anilines is 1. The van der Waals surface area contributed by atoms with E-state index in [-0.39, 0.29) is 17.2 Å². The van der Waals surface area contributed by atoms with Crippen LogP contribution < -0.4 is 10.9 Å². The fraction of sp³-hybridized carbons (Fsp3) is 0.150. The van der Waals surface area contributed by atoms with Crippen molar-refractivity contribution in [1.29, 1.82) is 0 Å². The number of aromatic nitrogens is 2. The number of fused-ring (bicyclic) bond motifs is 1. The Morgan fingerprint density at radius 3 is 2.71 bits per heavy atom. The molecular formula is C20H17N3O2S3. The lowest BCUT2D eigenvalue weighted by molar-refractivity contribution is -0.113. The van der Waals surface area contributed by atoms with Crippen molar-refractivity contribution in [3.05, 3.63) is 74.5 Å². The number of nitrogens with zero attached hydrogens (tertiary/aromatic N) is 2. The molecule has 8 heteroatoms. The number of thiophene rings is 2. The zero-order valence-corrected chi connectivity index (χ0v) is 17.3. The minimum Gasteiger partial charge on any atom is -0.325 e. The van der Waals surface area contributed by atoms with E-state index in [9.17, 15) is 9.59 Å². The van der Waals surface area contributed by atoms with Gasteiger partial charge in [-0.15, -0.1) is 22.7 Å². The molecule has 1 aromatic carbocycles. The standard InChI is InChI=1S/C20H17N3O2S3/c24-17(21-14-5-2-1-3-6-14)13-28-20-22-16-9-12-27-18(16)19(25)23(20)10-8-15-7-4-11-26-15/h1-7,9,11-12H,8,10,13H2,(H,21,24). The van der Waals surface area contributed by atoms with Gasteiger partial charge in [0.2, 0.25) is 5.91 Å². The SMILES string of the molecule is O=C(CSc1nc2ccsc2c(=O)n1CCc1cccs1)Nc1ccccc1. The lowest BCUT2D eigenvalue weighted by atomic mass is 10.3. The highest BCUT2D eigenvalue weighted by molar-refractivity contribution is 7.99. The van der Waals surface area contributed by atoms with E-state index >= 15 is 0 Å². The molecule has 0 saturated heterocycles. The minimum atomic E-state index is -0.124. The van der Waals surface area contributed by atoms with Crippen LogP contribution in [-0.4, -0.2) is 21.2 Å². The van der Waals surface area contributed by atoms with Crippen LogP contribution in [0.3, 0.4) is 0 Å². The van der Waals surface area contributed by atoms with Gasteiger partial charge in [0.1, 0.15) is 4.70 Å². The number of carbonyl (C=O) groups is 1. The Morgan fingerprint density at radius 1 is 1.07 bits per heavy atom. The average Bonchev–Trinajstić information content (AvgIpc) is 3.38. The normalized spacial score (nSPS) is 11.0. The number of hydrogen-bond donors (Lipinski definition) is 1. The van der Waals surface area contributed by atoms with Crippen molar-refractivity contribution < 1.29 is 4.79 Å². The summed E-state index contributed by atoms with van der Waals surface area (Å²) in [6, 6.07) is 15.2. The highest BCUT2D eigenvalue weighted by atomic mass is 32.2. The van der Waals surface area contributed by atoms with Crippen molar-refractivity contribution in [2.75, 3.05) is 11.1 Å². The molecule has 0 unspecified atom stereocenters. The van der Waals surface area contributed by atoms with Crippen molar-refractivity contribution in [3.63, 3.8) is 0 Å². The second kappa shape index (κ2) is 8.72. The largest absolute Gasteiger partial charge is 0.325 e. The summed E-state index contributed by atoms with van der Waals surface area (Å²) in [4.78, 5) is 31.1. The molecule has 4 aromatic rings. The molecule has 1 amide bonds. The van der Waals surface area contributed by atoms with Gasteiger partial charge in [-0.2, -0.15) is 0 Å². The molecule has 0 aliphatic rings. The zero-order chi connectivity index (χ0) is 19.3. The van der Waals surface area contributed by atoms with Gasteiger partial charge >= 0.3 is 0 Å². The van der Waals surface area contributed by atoms with Crippen LogP contribution in [0, 0.1) is 0 Å². The third kappa shape index (κ3) is 4.35. The third-order valence-electron chi connectivity index (χ3n) is 4.08. The topological polar surface area (TPSA) is 64.0 Å². The van der Waals surface area contributed by atoms with Crippen LogP contribution in [0.4, 0.5) is 5.69 Å². The number of amides is 1. The van der Waals surface area contributed by atoms with Gasteiger partial charge in [-0.25, -0.2) is 4.98 Å². The van der Waals surface area contributed by atoms with Gasteiger partial charge in [0.25, 0.3) is 5.56 Å². The Hall–Kier alpha value is -2.42. The van der Waals surface area contributed by atoms with E-state index in [0.29, 0.717) is 21.9 Å². The summed E-state index contributed by atoms with van der Waals surface area (Å²) < 4.78 is 2.35. The lowest BCUT2D eigenvalue weighted by Gasteiger charge is -2.11. The number of benzene rings is 1. The van der Waals surface area contributed by atoms with E-state index in [1.165, 1.54) is 28.0 Å². The molecule has 0 radical (unpaired) electrons. The van der Waals surface area contributed by atoms with Crippen molar-refractivity contribution >= 4 is 56.2 Å². The molecule has 5 nitrogen and oxygen atoms in total. The summed E-state index contributed by atoms with van der Waals surface area (Å²) in [6.45, 7) is 0.544. The first-order chi connectivity index (χ1) is 13.7. The van der Waals surface area contributed by atoms with E-state index in [1.54, 1.807) is 15.9 Å². The number of carbonyl (C=O) groups excluding carboxylic acids is 1. The number of thioether (sulfide) groups is 1. The van der Waals surface area contributed by atoms with Gasteiger partial charge in [0.15, 0.2) is 5.16 Å². The number of para-hydroxylation sites is 1. The molecule has 0 fully saturated rings. The average molecular weight is 428 g/mol. The third-order valence-corrected chi connectivity index (χ3v) is 6.89. The highest BCUT2D eigenvalue weighted by Crippen LogP contribution is 2.22. The highest BCUT2D eigenvalue weighted by Gasteiger charge is 2.14. The fourth-order valence-corrected chi connectivity index (χ4v) is 5.06. The maximum Gasteiger partial charge on any atom is 0.272 e. The van der Waals surface area contributed by atoms with Gasteiger partial charge in [-0.3, -0.25) is 14.2 Å². The van der Waals surface area contributed by atoms with Crippen molar-refractivity contribution in [1.82, 2.24) is 9.55 Å². The molecule has 0 bridgehead atoms. The van der Waals surface area contributed by atoms with Crippen LogP contribution in [0.25, 0.3) is 10.2 Å². The molecular weight excluding hydrogens is 410 g/mol. The second-order valence-corrected chi connectivity index (χ2v) is 8.91. The maximum atomic E-state index is 12.9. The molecule has 28 heavy (non-hydrogen) atoms. The van der Waals surface area contributed by atoms with Crippen LogP contribution in [0.15, 0.2) is 69.2 Å². The first kappa shape index (κ1) is 18.9. The van der Waals surface area contributed by atoms with Gasteiger partial charge in [0, 0.05) is 17.1 Å². The van der Waals surface area contributed by atoms with E-state index in [4.69, 9.17) is 0 Å². The molecule has 0 aliphatic carbocycles. The fourth-order valence-electron chi connectivity index (χ4n) is 2.76. The van der Waals surface area contributed by atoms with Crippen LogP contribution in [0.1, 0.15) is 4.88 Å². The Morgan fingerprint density at radius 2 is 1.93 bits per heavy atom. The van der Waals surface area contributed by atoms with E-state index < -0.39 is 0 Å². The first-order valence-electron chi connectivity index (χ1n) is 8.69. The number of hydrogen-bond acceptors (Lipinski definition) is 6. The van der Waals surface area contributed by atoms with Gasteiger partial charge in [0.05, 0.1) is 11.3 Å². The zero-order valence-electron chi connectivity index (χ0n) is 14.8. The van der Waals surface area contributed by atoms with Gasteiger partial charge in [-0.05, 0) is 41.4 Å². The summed E-state index contributed by atoms with van der Waals surface area (Å²) in [7, 11) is 0. The number of nitrogens with one attached hydrogen (secondary N) is 1. The van der Waals surface area contributed by atoms with Gasteiger partial charge < -0.3 is 5.32 Å². The Bertz CT molecular complexity index is 1130. The summed E-state index contributed by atoms with van der Waals surface area (Å²) >= 11 is 4.37. The number of rotatable bonds is 7. The van der Waals surface area contributed by atoms with Crippen molar-refractivity contribution in [2.24, 2.45) is 0 Å². The number of aryl methyl sites for hydroxylation is 1. The van der Waals surface area contributed by atoms with Crippen LogP contribution >= 0.6 is 34.4 Å². The van der Waals surface area contributed by atoms with E-state index in [2.05, 4.69) is 16.4 Å². The second-order valence-electron chi connectivity index (χ2n) is 6.02. The maximum absolute atomic E-state index is 12.9. The lowest BCUT2D eigenvalue weighted by Crippen LogP contribution is -2.24. The molecule has 4 rings (SSSR count). The Balaban J connectivity index is 1.53. The van der Waals surface area contributed by atoms with Gasteiger partial charge in [-0.1, -0.05) is 36.0 Å². The summed E-state index contributed by atoms with van der Waals surface area (Å²) in [6.07, 6.45) is 0.764. The predicted octanol–water partition coefficient (Wildman–Crippen LogP) is 4.49. The minimum absolute atomic E-state index is 0.0393. The molecule has 3 aromatic heterocycles. The van der Waals surface area contributed by atoms with E-state index in [1.807, 2.05) is 53.2 Å². The monoisotopic (exact) mass is 427 g/mol. The van der Waals surface area contributed by atoms with Crippen LogP contribution in [-0.2, 0) is 17.8 Å². The molecule has 0 spiro atoms. The summed E-state index contributed by atoms with van der Waals surface area (Å²) in [5.74, 6) is 0.0661. The molecule has 1 N–H and O–H groups in total.